The lowest BCUT2D eigenvalue weighted by atomic mass is 9.79. The Kier molecular flexibility index (Phi) is 6.99. The molecule has 4 rings (SSSR count). The van der Waals surface area contributed by atoms with E-state index in [-0.39, 0.29) is 13.1 Å². The number of imidazole rings is 1. The standard InChI is InChI=1S/C23H27F3N6O3/c1-4-31(22(33)30-19(23(24,25)26)14-6-5-7-14)12-15-10-16(18(34-2)11-28-15)17-13-32-9-8-27-20(32)21(29-17)35-3/h8-11,13-14,19H,4-7,12H2,1-3H3,(H,30,33). The third-order valence-corrected chi connectivity index (χ3v) is 6.23. The van der Waals surface area contributed by atoms with Gasteiger partial charge in [-0.25, -0.2) is 14.8 Å². The maximum Gasteiger partial charge on any atom is 0.408 e. The van der Waals surface area contributed by atoms with Crippen molar-refractivity contribution < 1.29 is 27.4 Å². The fourth-order valence-corrected chi connectivity index (χ4v) is 4.09. The molecule has 188 valence electrons. The molecule has 3 aromatic heterocycles. The number of hydrogen-bond acceptors (Lipinski definition) is 6. The molecule has 3 heterocycles. The minimum absolute atomic E-state index is 0.0129. The molecular formula is C23H27F3N6O3. The minimum Gasteiger partial charge on any atom is -0.494 e. The molecule has 0 radical (unpaired) electrons. The van der Waals surface area contributed by atoms with Crippen molar-refractivity contribution in [3.8, 4) is 22.9 Å². The van der Waals surface area contributed by atoms with Crippen LogP contribution in [0.5, 0.6) is 11.6 Å². The van der Waals surface area contributed by atoms with Gasteiger partial charge in [-0.15, -0.1) is 0 Å². The lowest BCUT2D eigenvalue weighted by Gasteiger charge is -2.36. The second-order valence-electron chi connectivity index (χ2n) is 8.34. The summed E-state index contributed by atoms with van der Waals surface area (Å²) in [6, 6.07) is -0.928. The first-order chi connectivity index (χ1) is 16.7. The van der Waals surface area contributed by atoms with Gasteiger partial charge in [0.15, 0.2) is 5.65 Å². The molecule has 2 amide bonds. The van der Waals surface area contributed by atoms with Gasteiger partial charge >= 0.3 is 12.2 Å². The summed E-state index contributed by atoms with van der Waals surface area (Å²) in [5.41, 5.74) is 2.12. The summed E-state index contributed by atoms with van der Waals surface area (Å²) >= 11 is 0. The number of ether oxygens (including phenoxy) is 2. The molecule has 1 N–H and O–H groups in total. The maximum atomic E-state index is 13.5. The Morgan fingerprint density at radius 3 is 2.66 bits per heavy atom. The quantitative estimate of drug-likeness (QED) is 0.510. The van der Waals surface area contributed by atoms with E-state index in [4.69, 9.17) is 9.47 Å². The van der Waals surface area contributed by atoms with Crippen molar-refractivity contribution in [3.63, 3.8) is 0 Å². The van der Waals surface area contributed by atoms with Crippen LogP contribution in [0.15, 0.2) is 30.9 Å². The topological polar surface area (TPSA) is 93.9 Å². The number of urea groups is 1. The number of pyridine rings is 1. The number of carbonyl (C=O) groups is 1. The van der Waals surface area contributed by atoms with Crippen LogP contribution < -0.4 is 14.8 Å². The number of rotatable bonds is 8. The zero-order valence-electron chi connectivity index (χ0n) is 19.7. The number of nitrogens with zero attached hydrogens (tertiary/aromatic N) is 5. The van der Waals surface area contributed by atoms with Gasteiger partial charge in [0.1, 0.15) is 11.8 Å². The van der Waals surface area contributed by atoms with Gasteiger partial charge in [0, 0.05) is 30.7 Å². The van der Waals surface area contributed by atoms with Crippen LogP contribution in [-0.4, -0.2) is 63.3 Å². The molecule has 35 heavy (non-hydrogen) atoms. The largest absolute Gasteiger partial charge is 0.494 e. The van der Waals surface area contributed by atoms with E-state index < -0.39 is 24.2 Å². The average molecular weight is 493 g/mol. The number of nitrogens with one attached hydrogen (secondary N) is 1. The van der Waals surface area contributed by atoms with Crippen LogP contribution in [0, 0.1) is 5.92 Å². The van der Waals surface area contributed by atoms with Crippen LogP contribution in [0.1, 0.15) is 31.9 Å². The van der Waals surface area contributed by atoms with Crippen molar-refractivity contribution in [3.05, 3.63) is 36.5 Å². The van der Waals surface area contributed by atoms with Crippen molar-refractivity contribution in [2.24, 2.45) is 5.92 Å². The van der Waals surface area contributed by atoms with Gasteiger partial charge in [-0.3, -0.25) is 4.98 Å². The lowest BCUT2D eigenvalue weighted by Crippen LogP contribution is -2.55. The predicted octanol–water partition coefficient (Wildman–Crippen LogP) is 4.07. The molecule has 12 heteroatoms. The van der Waals surface area contributed by atoms with E-state index in [2.05, 4.69) is 20.3 Å². The van der Waals surface area contributed by atoms with Gasteiger partial charge < -0.3 is 24.1 Å². The van der Waals surface area contributed by atoms with E-state index in [1.54, 1.807) is 36.0 Å². The minimum atomic E-state index is -4.50. The molecular weight excluding hydrogens is 465 g/mol. The normalized spacial score (nSPS) is 14.9. The molecule has 1 aliphatic rings. The number of alkyl halides is 3. The fraction of sp³-hybridized carbons (Fsp3) is 0.478. The van der Waals surface area contributed by atoms with Crippen LogP contribution in [0.25, 0.3) is 16.9 Å². The molecule has 1 fully saturated rings. The summed E-state index contributed by atoms with van der Waals surface area (Å²) in [6.45, 7) is 1.92. The number of fused-ring (bicyclic) bond motifs is 1. The maximum absolute atomic E-state index is 13.5. The molecule has 1 aliphatic carbocycles. The van der Waals surface area contributed by atoms with E-state index in [0.717, 1.165) is 6.42 Å². The molecule has 0 aromatic carbocycles. The fourth-order valence-electron chi connectivity index (χ4n) is 4.09. The van der Waals surface area contributed by atoms with Gasteiger partial charge in [-0.05, 0) is 31.7 Å². The first kappa shape index (κ1) is 24.6. The number of carbonyl (C=O) groups excluding carboxylic acids is 1. The Bertz CT molecular complexity index is 1190. The molecule has 0 aliphatic heterocycles. The highest BCUT2D eigenvalue weighted by Gasteiger charge is 2.47. The van der Waals surface area contributed by atoms with Crippen LogP contribution in [0.3, 0.4) is 0 Å². The monoisotopic (exact) mass is 492 g/mol. The van der Waals surface area contributed by atoms with Crippen LogP contribution in [0.4, 0.5) is 18.0 Å². The Labute approximate surface area is 200 Å². The number of hydrogen-bond donors (Lipinski definition) is 1. The molecule has 3 aromatic rings. The highest BCUT2D eigenvalue weighted by atomic mass is 19.4. The summed E-state index contributed by atoms with van der Waals surface area (Å²) in [7, 11) is 2.99. The van der Waals surface area contributed by atoms with Crippen LogP contribution >= 0.6 is 0 Å². The summed E-state index contributed by atoms with van der Waals surface area (Å²) in [4.78, 5) is 27.2. The summed E-state index contributed by atoms with van der Waals surface area (Å²) in [5, 5.41) is 2.20. The first-order valence-electron chi connectivity index (χ1n) is 11.3. The van der Waals surface area contributed by atoms with Gasteiger partial charge in [-0.1, -0.05) is 6.42 Å². The Morgan fingerprint density at radius 2 is 2.06 bits per heavy atom. The van der Waals surface area contributed by atoms with E-state index in [9.17, 15) is 18.0 Å². The highest BCUT2D eigenvalue weighted by Crippen LogP contribution is 2.37. The van der Waals surface area contributed by atoms with Gasteiger partial charge in [0.25, 0.3) is 5.88 Å². The molecule has 9 nitrogen and oxygen atoms in total. The molecule has 1 saturated carbocycles. The van der Waals surface area contributed by atoms with Crippen molar-refractivity contribution in [2.45, 2.75) is 44.9 Å². The van der Waals surface area contributed by atoms with Crippen LogP contribution in [0.2, 0.25) is 0 Å². The van der Waals surface area contributed by atoms with E-state index >= 15 is 0 Å². The van der Waals surface area contributed by atoms with E-state index in [0.29, 0.717) is 47.1 Å². The predicted molar refractivity (Wildman–Crippen MR) is 121 cm³/mol. The number of halogens is 3. The van der Waals surface area contributed by atoms with Crippen LogP contribution in [-0.2, 0) is 6.54 Å². The zero-order chi connectivity index (χ0) is 25.2. The summed E-state index contributed by atoms with van der Waals surface area (Å²) in [6.07, 6.45) is 3.78. The zero-order valence-corrected chi connectivity index (χ0v) is 19.7. The summed E-state index contributed by atoms with van der Waals surface area (Å²) in [5.74, 6) is 0.177. The smallest absolute Gasteiger partial charge is 0.408 e. The van der Waals surface area contributed by atoms with Crippen molar-refractivity contribution >= 4 is 11.7 Å². The van der Waals surface area contributed by atoms with Crippen molar-refractivity contribution in [2.75, 3.05) is 20.8 Å². The first-order valence-corrected chi connectivity index (χ1v) is 11.3. The number of aromatic nitrogens is 4. The lowest BCUT2D eigenvalue weighted by molar-refractivity contribution is -0.171. The SMILES string of the molecule is CCN(Cc1cc(-c2cn3ccnc3c(OC)n2)c(OC)cn1)C(=O)NC(C1CCC1)C(F)(F)F. The number of amides is 2. The third kappa shape index (κ3) is 5.10. The van der Waals surface area contributed by atoms with Crippen molar-refractivity contribution in [1.82, 2.24) is 29.6 Å². The second kappa shape index (κ2) is 9.96. The van der Waals surface area contributed by atoms with Crippen molar-refractivity contribution in [1.29, 1.82) is 0 Å². The third-order valence-electron chi connectivity index (χ3n) is 6.23. The van der Waals surface area contributed by atoms with Gasteiger partial charge in [-0.2, -0.15) is 13.2 Å². The van der Waals surface area contributed by atoms with E-state index in [1.165, 1.54) is 25.3 Å². The Balaban J connectivity index is 1.59. The molecule has 1 unspecified atom stereocenters. The van der Waals surface area contributed by atoms with E-state index in [1.807, 2.05) is 0 Å². The highest BCUT2D eigenvalue weighted by molar-refractivity contribution is 5.75. The molecule has 0 spiro atoms. The Hall–Kier alpha value is -3.57. The summed E-state index contributed by atoms with van der Waals surface area (Å²) < 4.78 is 53.2. The van der Waals surface area contributed by atoms with Gasteiger partial charge in [0.05, 0.1) is 38.3 Å². The molecule has 0 saturated heterocycles. The second-order valence-corrected chi connectivity index (χ2v) is 8.34. The Morgan fingerprint density at radius 1 is 1.29 bits per heavy atom. The molecule has 0 bridgehead atoms. The number of methoxy groups -OCH3 is 2. The molecule has 1 atom stereocenters. The van der Waals surface area contributed by atoms with Gasteiger partial charge in [0.2, 0.25) is 0 Å². The average Bonchev–Trinajstić information content (AvgIpc) is 3.28.